The lowest BCUT2D eigenvalue weighted by Crippen LogP contribution is -2.36. The second-order valence-electron chi connectivity index (χ2n) is 16.6. The summed E-state index contributed by atoms with van der Waals surface area (Å²) in [6, 6.07) is 12.3. The minimum atomic E-state index is -0.0772. The molecule has 5 heterocycles. The highest BCUT2D eigenvalue weighted by molar-refractivity contribution is 6.31. The van der Waals surface area contributed by atoms with E-state index >= 15 is 0 Å². The minimum Gasteiger partial charge on any atom is -0.497 e. The maximum atomic E-state index is 9.64. The molecule has 0 bridgehead atoms. The molecular formula is C47H70ClN11O5. The molecule has 0 aliphatic carbocycles. The van der Waals surface area contributed by atoms with Crippen LogP contribution >= 0.6 is 11.6 Å². The van der Waals surface area contributed by atoms with Crippen LogP contribution in [0.25, 0.3) is 32.8 Å². The van der Waals surface area contributed by atoms with Gasteiger partial charge in [0, 0.05) is 74.2 Å². The predicted octanol–water partition coefficient (Wildman–Crippen LogP) is 5.95. The van der Waals surface area contributed by atoms with E-state index in [0.717, 1.165) is 123 Å². The first kappa shape index (κ1) is 48.9. The van der Waals surface area contributed by atoms with E-state index in [9.17, 15) is 20.4 Å². The van der Waals surface area contributed by atoms with Crippen molar-refractivity contribution in [2.45, 2.75) is 78.2 Å². The van der Waals surface area contributed by atoms with Crippen LogP contribution in [0, 0.1) is 0 Å². The molecule has 2 fully saturated rings. The average Bonchev–Trinajstić information content (AvgIpc) is 3.32. The minimum absolute atomic E-state index is 0.0772. The molecule has 2 aromatic carbocycles. The third-order valence-corrected chi connectivity index (χ3v) is 12.4. The van der Waals surface area contributed by atoms with Gasteiger partial charge in [0.2, 0.25) is 11.9 Å². The lowest BCUT2D eigenvalue weighted by molar-refractivity contribution is 0.279. The number of anilines is 5. The van der Waals surface area contributed by atoms with Gasteiger partial charge in [0.1, 0.15) is 16.8 Å². The molecule has 7 rings (SSSR count). The normalized spacial score (nSPS) is 14.8. The molecule has 0 spiro atoms. The highest BCUT2D eigenvalue weighted by Gasteiger charge is 2.27. The zero-order chi connectivity index (χ0) is 45.4. The molecule has 1 unspecified atom stereocenters. The molecule has 2 aliphatic heterocycles. The van der Waals surface area contributed by atoms with Crippen LogP contribution in [0.1, 0.15) is 72.1 Å². The van der Waals surface area contributed by atoms with Gasteiger partial charge >= 0.3 is 0 Å². The Labute approximate surface area is 383 Å². The number of halogens is 1. The molecular weight excluding hydrogens is 834 g/mol. The number of hydrogen-bond donors (Lipinski definition) is 5. The summed E-state index contributed by atoms with van der Waals surface area (Å²) in [4.78, 5) is 35.1. The standard InChI is InChI=1S/C24H40N8O4.C23H30ClN3O/c33-15-11-31(12-16-34)23-26-20-19(21(27-23)29-7-3-1-4-8-29)25-24(32(13-17-35)14-18-36)28-22(20)30-9-5-2-6-10-30;1-5-27(6-2)13-7-8-16(3)25-23-19-11-9-17(24)14-22(19)26-21-12-10-18(28-4)15-20(21)23/h33-36H,1-18H2;9-12,14-16H,5-8,13H2,1-4H3,(H,25,26). The Balaban J connectivity index is 0.000000219. The molecule has 350 valence electrons. The zero-order valence-electron chi connectivity index (χ0n) is 38.4. The molecule has 2 saturated heterocycles. The van der Waals surface area contributed by atoms with E-state index in [2.05, 4.69) is 52.9 Å². The summed E-state index contributed by atoms with van der Waals surface area (Å²) in [5, 5.41) is 45.2. The number of benzene rings is 2. The first-order valence-corrected chi connectivity index (χ1v) is 23.7. The molecule has 16 nitrogen and oxygen atoms in total. The summed E-state index contributed by atoms with van der Waals surface area (Å²) < 4.78 is 5.45. The maximum Gasteiger partial charge on any atom is 0.228 e. The monoisotopic (exact) mass is 904 g/mol. The van der Waals surface area contributed by atoms with Crippen molar-refractivity contribution in [1.82, 2.24) is 29.8 Å². The van der Waals surface area contributed by atoms with Gasteiger partial charge in [0.25, 0.3) is 0 Å². The van der Waals surface area contributed by atoms with Crippen molar-refractivity contribution in [3.63, 3.8) is 0 Å². The van der Waals surface area contributed by atoms with Gasteiger partial charge in [-0.3, -0.25) is 0 Å². The number of fused-ring (bicyclic) bond motifs is 3. The van der Waals surface area contributed by atoms with E-state index in [1.807, 2.05) is 24.3 Å². The fourth-order valence-corrected chi connectivity index (χ4v) is 8.83. The maximum absolute atomic E-state index is 9.64. The molecule has 5 N–H and O–H groups in total. The van der Waals surface area contributed by atoms with Gasteiger partial charge in [-0.15, -0.1) is 0 Å². The lowest BCUT2D eigenvalue weighted by atomic mass is 10.1. The number of piperidine rings is 2. The fraction of sp³-hybridized carbons (Fsp3) is 0.596. The smallest absolute Gasteiger partial charge is 0.228 e. The Morgan fingerprint density at radius 2 is 1.19 bits per heavy atom. The van der Waals surface area contributed by atoms with Crippen LogP contribution in [0.5, 0.6) is 5.75 Å². The molecule has 5 aromatic rings. The number of nitrogens with one attached hydrogen (secondary N) is 1. The second kappa shape index (κ2) is 24.6. The number of methoxy groups -OCH3 is 1. The van der Waals surface area contributed by atoms with E-state index in [1.54, 1.807) is 16.9 Å². The van der Waals surface area contributed by atoms with Crippen LogP contribution in [0.15, 0.2) is 36.4 Å². The first-order chi connectivity index (χ1) is 31.2. The number of aliphatic hydroxyl groups excluding tert-OH is 4. The van der Waals surface area contributed by atoms with Crippen molar-refractivity contribution in [1.29, 1.82) is 0 Å². The van der Waals surface area contributed by atoms with E-state index in [-0.39, 0.29) is 26.4 Å². The van der Waals surface area contributed by atoms with Crippen molar-refractivity contribution in [2.75, 3.05) is 130 Å². The number of rotatable bonds is 21. The third-order valence-electron chi connectivity index (χ3n) is 12.2. The quantitative estimate of drug-likeness (QED) is 0.0544. The number of hydrogen-bond acceptors (Lipinski definition) is 16. The first-order valence-electron chi connectivity index (χ1n) is 23.3. The van der Waals surface area contributed by atoms with Crippen molar-refractivity contribution >= 4 is 73.7 Å². The van der Waals surface area contributed by atoms with Crippen molar-refractivity contribution in [3.8, 4) is 5.75 Å². The van der Waals surface area contributed by atoms with Crippen LogP contribution in [0.3, 0.4) is 0 Å². The summed E-state index contributed by atoms with van der Waals surface area (Å²) in [6.07, 6.45) is 8.89. The van der Waals surface area contributed by atoms with Crippen LogP contribution in [-0.2, 0) is 0 Å². The van der Waals surface area contributed by atoms with E-state index < -0.39 is 0 Å². The van der Waals surface area contributed by atoms with Crippen molar-refractivity contribution < 1.29 is 25.2 Å². The molecule has 0 radical (unpaired) electrons. The van der Waals surface area contributed by atoms with Crippen LogP contribution in [-0.4, -0.2) is 162 Å². The largest absolute Gasteiger partial charge is 0.497 e. The summed E-state index contributed by atoms with van der Waals surface area (Å²) in [6.45, 7) is 14.4. The van der Waals surface area contributed by atoms with Gasteiger partial charge in [-0.05, 0) is 114 Å². The van der Waals surface area contributed by atoms with Gasteiger partial charge in [0.05, 0.1) is 50.3 Å². The van der Waals surface area contributed by atoms with Gasteiger partial charge in [-0.1, -0.05) is 25.4 Å². The van der Waals surface area contributed by atoms with E-state index in [0.29, 0.717) is 60.2 Å². The average molecular weight is 905 g/mol. The highest BCUT2D eigenvalue weighted by Crippen LogP contribution is 2.36. The number of aromatic nitrogens is 5. The fourth-order valence-electron chi connectivity index (χ4n) is 8.66. The van der Waals surface area contributed by atoms with Gasteiger partial charge in [-0.25, -0.2) is 15.0 Å². The Kier molecular flexibility index (Phi) is 18.8. The number of pyridine rings is 1. The second-order valence-corrected chi connectivity index (χ2v) is 17.0. The number of aliphatic hydroxyl groups is 4. The number of nitrogens with zero attached hydrogens (tertiary/aromatic N) is 10. The van der Waals surface area contributed by atoms with Crippen LogP contribution in [0.2, 0.25) is 5.02 Å². The van der Waals surface area contributed by atoms with E-state index in [4.69, 9.17) is 41.3 Å². The van der Waals surface area contributed by atoms with Gasteiger partial charge < -0.3 is 55.0 Å². The van der Waals surface area contributed by atoms with E-state index in [1.165, 1.54) is 19.3 Å². The van der Waals surface area contributed by atoms with Crippen LogP contribution < -0.4 is 29.7 Å². The SMILES string of the molecule is CCN(CC)CCCC(C)Nc1c2ccc(Cl)cc2nc2ccc(OC)cc12.OCCN(CCO)c1nc(N2CCCCC2)c2nc(N(CCO)CCO)nc(N3CCCCC3)c2n1. The summed E-state index contributed by atoms with van der Waals surface area (Å²) in [7, 11) is 1.69. The Hall–Kier alpha value is -4.58. The molecule has 0 saturated carbocycles. The summed E-state index contributed by atoms with van der Waals surface area (Å²) >= 11 is 6.22. The number of ether oxygens (including phenoxy) is 1. The van der Waals surface area contributed by atoms with Crippen molar-refractivity contribution in [3.05, 3.63) is 41.4 Å². The van der Waals surface area contributed by atoms with Crippen LogP contribution in [0.4, 0.5) is 29.2 Å². The lowest BCUT2D eigenvalue weighted by Gasteiger charge is -2.33. The van der Waals surface area contributed by atoms with Gasteiger partial charge in [-0.2, -0.15) is 9.97 Å². The highest BCUT2D eigenvalue weighted by atomic mass is 35.5. The molecule has 2 aliphatic rings. The van der Waals surface area contributed by atoms with Gasteiger partial charge in [0.15, 0.2) is 11.6 Å². The molecule has 1 atom stereocenters. The predicted molar refractivity (Wildman–Crippen MR) is 261 cm³/mol. The van der Waals surface area contributed by atoms with Crippen molar-refractivity contribution in [2.24, 2.45) is 0 Å². The Morgan fingerprint density at radius 3 is 1.67 bits per heavy atom. The third kappa shape index (κ3) is 12.4. The Bertz CT molecular complexity index is 2130. The summed E-state index contributed by atoms with van der Waals surface area (Å²) in [5.41, 5.74) is 4.25. The topological polar surface area (TPSA) is 183 Å². The Morgan fingerprint density at radius 1 is 0.656 bits per heavy atom. The molecule has 3 aromatic heterocycles. The molecule has 17 heteroatoms. The molecule has 64 heavy (non-hydrogen) atoms. The summed E-state index contributed by atoms with van der Waals surface area (Å²) in [5.74, 6) is 3.18. The molecule has 0 amide bonds. The zero-order valence-corrected chi connectivity index (χ0v) is 39.1.